The Morgan fingerprint density at radius 2 is 1.85 bits per heavy atom. The maximum Gasteiger partial charge on any atom is 0.266 e. The molecule has 0 spiro atoms. The van der Waals surface area contributed by atoms with Gasteiger partial charge in [-0.25, -0.2) is 4.39 Å². The van der Waals surface area contributed by atoms with Gasteiger partial charge in [-0.2, -0.15) is 5.26 Å². The van der Waals surface area contributed by atoms with Gasteiger partial charge in [0.05, 0.1) is 5.02 Å². The van der Waals surface area contributed by atoms with Crippen LogP contribution in [0.2, 0.25) is 5.02 Å². The number of furan rings is 1. The fourth-order valence-electron chi connectivity index (χ4n) is 2.26. The predicted molar refractivity (Wildman–Crippen MR) is 97.8 cm³/mol. The topological polar surface area (TPSA) is 66.0 Å². The summed E-state index contributed by atoms with van der Waals surface area (Å²) in [5, 5.41) is 12.3. The van der Waals surface area contributed by atoms with E-state index in [-0.39, 0.29) is 5.57 Å². The number of benzene rings is 2. The number of hydrogen-bond acceptors (Lipinski definition) is 3. The highest BCUT2D eigenvalue weighted by Crippen LogP contribution is 2.29. The third kappa shape index (κ3) is 4.00. The van der Waals surface area contributed by atoms with Crippen LogP contribution in [-0.2, 0) is 4.79 Å². The van der Waals surface area contributed by atoms with Gasteiger partial charge < -0.3 is 9.73 Å². The van der Waals surface area contributed by atoms with Crippen molar-refractivity contribution in [2.75, 3.05) is 5.32 Å². The highest BCUT2D eigenvalue weighted by atomic mass is 35.5. The Hall–Kier alpha value is -3.36. The molecule has 2 aromatic carbocycles. The number of nitrogens with one attached hydrogen (secondary N) is 1. The van der Waals surface area contributed by atoms with Gasteiger partial charge >= 0.3 is 0 Å². The Labute approximate surface area is 154 Å². The Bertz CT molecular complexity index is 1020. The number of carbonyl (C=O) groups is 1. The van der Waals surface area contributed by atoms with Crippen LogP contribution < -0.4 is 5.32 Å². The van der Waals surface area contributed by atoms with E-state index >= 15 is 0 Å². The summed E-state index contributed by atoms with van der Waals surface area (Å²) in [7, 11) is 0. The summed E-state index contributed by atoms with van der Waals surface area (Å²) in [6.07, 6.45) is 1.33. The molecule has 0 aliphatic rings. The van der Waals surface area contributed by atoms with Crippen LogP contribution >= 0.6 is 11.6 Å². The minimum absolute atomic E-state index is 0.144. The predicted octanol–water partition coefficient (Wildman–Crippen LogP) is 5.28. The summed E-state index contributed by atoms with van der Waals surface area (Å²) in [5.41, 5.74) is 0.950. The molecule has 4 nitrogen and oxygen atoms in total. The molecule has 1 amide bonds. The van der Waals surface area contributed by atoms with Crippen LogP contribution in [0.4, 0.5) is 10.1 Å². The summed E-state index contributed by atoms with van der Waals surface area (Å²) in [5.74, 6) is -0.166. The number of hydrogen-bond donors (Lipinski definition) is 1. The average molecular weight is 367 g/mol. The van der Waals surface area contributed by atoms with Gasteiger partial charge in [-0.05, 0) is 48.5 Å². The summed E-state index contributed by atoms with van der Waals surface area (Å²) in [4.78, 5) is 12.2. The minimum atomic E-state index is -0.616. The molecule has 0 aliphatic carbocycles. The fraction of sp³-hybridized carbons (Fsp3) is 0. The number of nitrogens with zero attached hydrogens (tertiary/aromatic N) is 1. The molecule has 1 aromatic heterocycles. The van der Waals surface area contributed by atoms with E-state index in [1.165, 1.54) is 30.3 Å². The first-order chi connectivity index (χ1) is 12.6. The number of rotatable bonds is 4. The monoisotopic (exact) mass is 366 g/mol. The third-order valence-corrected chi connectivity index (χ3v) is 3.85. The van der Waals surface area contributed by atoms with Crippen LogP contribution in [0.15, 0.2) is 70.7 Å². The first kappa shape index (κ1) is 17.5. The summed E-state index contributed by atoms with van der Waals surface area (Å²) >= 11 is 6.13. The highest BCUT2D eigenvalue weighted by Gasteiger charge is 2.12. The van der Waals surface area contributed by atoms with E-state index in [9.17, 15) is 14.4 Å². The summed E-state index contributed by atoms with van der Waals surface area (Å²) in [6, 6.07) is 17.6. The van der Waals surface area contributed by atoms with Crippen LogP contribution in [0.5, 0.6) is 0 Å². The largest absolute Gasteiger partial charge is 0.457 e. The lowest BCUT2D eigenvalue weighted by Crippen LogP contribution is -2.13. The smallest absolute Gasteiger partial charge is 0.266 e. The average Bonchev–Trinajstić information content (AvgIpc) is 3.10. The number of nitriles is 1. The summed E-state index contributed by atoms with van der Waals surface area (Å²) in [6.45, 7) is 0. The molecule has 6 heteroatoms. The molecule has 1 heterocycles. The Morgan fingerprint density at radius 1 is 1.12 bits per heavy atom. The van der Waals surface area contributed by atoms with E-state index in [4.69, 9.17) is 16.0 Å². The lowest BCUT2D eigenvalue weighted by Gasteiger charge is -2.03. The molecule has 0 unspecified atom stereocenters. The molecule has 26 heavy (non-hydrogen) atoms. The van der Waals surface area contributed by atoms with Crippen molar-refractivity contribution in [1.82, 2.24) is 0 Å². The van der Waals surface area contributed by atoms with Gasteiger partial charge in [-0.1, -0.05) is 23.7 Å². The fourth-order valence-corrected chi connectivity index (χ4v) is 2.49. The first-order valence-electron chi connectivity index (χ1n) is 7.60. The van der Waals surface area contributed by atoms with E-state index in [2.05, 4.69) is 5.32 Å². The first-order valence-corrected chi connectivity index (χ1v) is 7.98. The second kappa shape index (κ2) is 7.68. The second-order valence-electron chi connectivity index (χ2n) is 5.31. The third-order valence-electron chi connectivity index (χ3n) is 3.52. The highest BCUT2D eigenvalue weighted by molar-refractivity contribution is 6.33. The molecule has 1 N–H and O–H groups in total. The maximum absolute atomic E-state index is 12.9. The number of carbonyl (C=O) groups excluding carboxylic acids is 1. The van der Waals surface area contributed by atoms with Crippen molar-refractivity contribution in [2.45, 2.75) is 0 Å². The molecule has 0 aliphatic heterocycles. The lowest BCUT2D eigenvalue weighted by atomic mass is 10.2. The molecule has 0 atom stereocenters. The van der Waals surface area contributed by atoms with Gasteiger partial charge in [0.1, 0.15) is 29.0 Å². The van der Waals surface area contributed by atoms with Gasteiger partial charge in [0.15, 0.2) is 0 Å². The molecule has 0 fully saturated rings. The van der Waals surface area contributed by atoms with E-state index in [0.717, 1.165) is 0 Å². The minimum Gasteiger partial charge on any atom is -0.457 e. The SMILES string of the molecule is N#C/C(=C/c1ccc(-c2ccccc2Cl)o1)C(=O)Nc1ccc(F)cc1. The van der Waals surface area contributed by atoms with Gasteiger partial charge in [-0.3, -0.25) is 4.79 Å². The van der Waals surface area contributed by atoms with Crippen molar-refractivity contribution in [1.29, 1.82) is 5.26 Å². The van der Waals surface area contributed by atoms with Crippen LogP contribution in [-0.4, -0.2) is 5.91 Å². The van der Waals surface area contributed by atoms with Gasteiger partial charge in [0.25, 0.3) is 5.91 Å². The molecule has 3 aromatic rings. The van der Waals surface area contributed by atoms with Crippen molar-refractivity contribution in [3.63, 3.8) is 0 Å². The van der Waals surface area contributed by atoms with Gasteiger partial charge in [0, 0.05) is 17.3 Å². The van der Waals surface area contributed by atoms with Crippen LogP contribution in [0.25, 0.3) is 17.4 Å². The van der Waals surface area contributed by atoms with Crippen LogP contribution in [0.3, 0.4) is 0 Å². The Kier molecular flexibility index (Phi) is 5.16. The molecular formula is C20H12ClFN2O2. The zero-order chi connectivity index (χ0) is 18.5. The van der Waals surface area contributed by atoms with E-state index < -0.39 is 11.7 Å². The number of halogens is 2. The van der Waals surface area contributed by atoms with Crippen LogP contribution in [0, 0.1) is 17.1 Å². The van der Waals surface area contributed by atoms with Crippen molar-refractivity contribution in [3.8, 4) is 17.4 Å². The Balaban J connectivity index is 1.81. The van der Waals surface area contributed by atoms with Crippen molar-refractivity contribution < 1.29 is 13.6 Å². The Morgan fingerprint density at radius 3 is 2.54 bits per heavy atom. The van der Waals surface area contributed by atoms with Crippen molar-refractivity contribution >= 4 is 29.3 Å². The zero-order valence-corrected chi connectivity index (χ0v) is 14.1. The van der Waals surface area contributed by atoms with E-state index in [1.807, 2.05) is 18.2 Å². The van der Waals surface area contributed by atoms with Crippen LogP contribution in [0.1, 0.15) is 5.76 Å². The maximum atomic E-state index is 12.9. The molecule has 128 valence electrons. The van der Waals surface area contributed by atoms with Gasteiger partial charge in [0.2, 0.25) is 0 Å². The van der Waals surface area contributed by atoms with E-state index in [0.29, 0.717) is 27.8 Å². The molecule has 0 saturated carbocycles. The van der Waals surface area contributed by atoms with Crippen molar-refractivity contribution in [2.24, 2.45) is 0 Å². The molecular weight excluding hydrogens is 355 g/mol. The number of amides is 1. The van der Waals surface area contributed by atoms with E-state index in [1.54, 1.807) is 24.3 Å². The standard InChI is InChI=1S/C20H12ClFN2O2/c21-18-4-2-1-3-17(18)19-10-9-16(26-19)11-13(12-23)20(25)24-15-7-5-14(22)6-8-15/h1-11H,(H,24,25)/b13-11-. The molecule has 3 rings (SSSR count). The zero-order valence-electron chi connectivity index (χ0n) is 13.4. The van der Waals surface area contributed by atoms with Crippen molar-refractivity contribution in [3.05, 3.63) is 82.8 Å². The summed E-state index contributed by atoms with van der Waals surface area (Å²) < 4.78 is 18.6. The normalized spacial score (nSPS) is 11.0. The van der Waals surface area contributed by atoms with Gasteiger partial charge in [-0.15, -0.1) is 0 Å². The molecule has 0 bridgehead atoms. The molecule has 0 radical (unpaired) electrons. The second-order valence-corrected chi connectivity index (χ2v) is 5.72. The number of anilines is 1. The quantitative estimate of drug-likeness (QED) is 0.504. The lowest BCUT2D eigenvalue weighted by molar-refractivity contribution is -0.112. The molecule has 0 saturated heterocycles.